The second-order valence-corrected chi connectivity index (χ2v) is 9.53. The number of carbonyl (C=O) groups excluding carboxylic acids is 1. The Balaban J connectivity index is 1.66. The van der Waals surface area contributed by atoms with E-state index in [0.29, 0.717) is 11.3 Å². The van der Waals surface area contributed by atoms with E-state index in [4.69, 9.17) is 0 Å². The summed E-state index contributed by atoms with van der Waals surface area (Å²) in [5.74, 6) is -0.217. The van der Waals surface area contributed by atoms with Gasteiger partial charge in [0.25, 0.3) is 15.9 Å². The van der Waals surface area contributed by atoms with Crippen LogP contribution in [0.3, 0.4) is 0 Å². The smallest absolute Gasteiger partial charge is 0.261 e. The number of carbonyl (C=O) groups is 1. The molecular formula is C23H24N2O3S2. The maximum atomic E-state index is 12.5. The van der Waals surface area contributed by atoms with Crippen molar-refractivity contribution in [2.75, 3.05) is 11.0 Å². The molecule has 3 aromatic rings. The Morgan fingerprint density at radius 1 is 0.900 bits per heavy atom. The van der Waals surface area contributed by atoms with Gasteiger partial charge in [-0.3, -0.25) is 9.52 Å². The maximum absolute atomic E-state index is 12.5. The van der Waals surface area contributed by atoms with Crippen molar-refractivity contribution < 1.29 is 13.2 Å². The van der Waals surface area contributed by atoms with E-state index >= 15 is 0 Å². The number of aryl methyl sites for hydroxylation is 1. The van der Waals surface area contributed by atoms with Gasteiger partial charge in [0.15, 0.2) is 0 Å². The second kappa shape index (κ2) is 9.36. The largest absolute Gasteiger partial charge is 0.346 e. The molecule has 0 unspecified atom stereocenters. The van der Waals surface area contributed by atoms with E-state index in [2.05, 4.69) is 10.0 Å². The number of amides is 1. The lowest BCUT2D eigenvalue weighted by Gasteiger charge is -2.15. The number of nitrogens with one attached hydrogen (secondary N) is 2. The third-order valence-corrected chi connectivity index (χ3v) is 6.83. The lowest BCUT2D eigenvalue weighted by molar-refractivity contribution is 0.0940. The third-order valence-electron chi connectivity index (χ3n) is 4.69. The Hall–Kier alpha value is -2.77. The second-order valence-electron chi connectivity index (χ2n) is 6.96. The van der Waals surface area contributed by atoms with Crippen molar-refractivity contribution in [1.29, 1.82) is 0 Å². The van der Waals surface area contributed by atoms with Gasteiger partial charge in [-0.15, -0.1) is 11.8 Å². The molecule has 0 aromatic heterocycles. The zero-order chi connectivity index (χ0) is 21.7. The molecule has 0 aliphatic carbocycles. The van der Waals surface area contributed by atoms with Crippen molar-refractivity contribution in [3.8, 4) is 0 Å². The Morgan fingerprint density at radius 3 is 2.07 bits per heavy atom. The first-order valence-corrected chi connectivity index (χ1v) is 12.1. The summed E-state index contributed by atoms with van der Waals surface area (Å²) in [6.45, 7) is 3.94. The Kier molecular flexibility index (Phi) is 6.84. The molecule has 7 heteroatoms. The molecule has 0 aliphatic rings. The van der Waals surface area contributed by atoms with E-state index in [0.717, 1.165) is 16.0 Å². The predicted molar refractivity (Wildman–Crippen MR) is 123 cm³/mol. The van der Waals surface area contributed by atoms with Gasteiger partial charge in [-0.1, -0.05) is 29.8 Å². The van der Waals surface area contributed by atoms with Crippen molar-refractivity contribution in [3.05, 3.63) is 89.5 Å². The fourth-order valence-electron chi connectivity index (χ4n) is 2.88. The first-order valence-electron chi connectivity index (χ1n) is 9.43. The summed E-state index contributed by atoms with van der Waals surface area (Å²) in [7, 11) is -3.69. The van der Waals surface area contributed by atoms with Gasteiger partial charge in [-0.2, -0.15) is 0 Å². The van der Waals surface area contributed by atoms with E-state index < -0.39 is 10.0 Å². The van der Waals surface area contributed by atoms with Crippen molar-refractivity contribution in [3.63, 3.8) is 0 Å². The van der Waals surface area contributed by atoms with Crippen LogP contribution in [0.15, 0.2) is 82.6 Å². The average Bonchev–Trinajstić information content (AvgIpc) is 2.74. The molecule has 0 spiro atoms. The molecule has 1 amide bonds. The van der Waals surface area contributed by atoms with Crippen LogP contribution in [-0.4, -0.2) is 20.6 Å². The van der Waals surface area contributed by atoms with Gasteiger partial charge in [-0.25, -0.2) is 8.42 Å². The summed E-state index contributed by atoms with van der Waals surface area (Å²) in [5.41, 5.74) is 3.04. The molecule has 156 valence electrons. The van der Waals surface area contributed by atoms with Gasteiger partial charge in [0.1, 0.15) is 0 Å². The minimum Gasteiger partial charge on any atom is -0.346 e. The van der Waals surface area contributed by atoms with E-state index in [1.165, 1.54) is 0 Å². The molecule has 0 saturated heterocycles. The fourth-order valence-corrected chi connectivity index (χ4v) is 4.34. The monoisotopic (exact) mass is 440 g/mol. The molecule has 3 rings (SSSR count). The summed E-state index contributed by atoms with van der Waals surface area (Å²) in [4.78, 5) is 13.7. The van der Waals surface area contributed by atoms with Gasteiger partial charge < -0.3 is 5.32 Å². The SMILES string of the molecule is CSc1ccc(S(=O)(=O)Nc2ccc(C(=O)N[C@H](C)c3ccc(C)cc3)cc2)cc1. The average molecular weight is 441 g/mol. The molecule has 1 atom stereocenters. The number of rotatable bonds is 7. The molecule has 5 nitrogen and oxygen atoms in total. The highest BCUT2D eigenvalue weighted by molar-refractivity contribution is 7.98. The summed E-state index contributed by atoms with van der Waals surface area (Å²) < 4.78 is 27.6. The number of thioether (sulfide) groups is 1. The molecule has 0 aliphatic heterocycles. The van der Waals surface area contributed by atoms with Crippen molar-refractivity contribution in [2.24, 2.45) is 0 Å². The molecule has 0 saturated carbocycles. The molecule has 3 aromatic carbocycles. The molecule has 2 N–H and O–H groups in total. The third kappa shape index (κ3) is 5.43. The van der Waals surface area contributed by atoms with Crippen LogP contribution < -0.4 is 10.0 Å². The van der Waals surface area contributed by atoms with Crippen LogP contribution in [0.2, 0.25) is 0 Å². The topological polar surface area (TPSA) is 75.3 Å². The van der Waals surface area contributed by atoms with Gasteiger partial charge >= 0.3 is 0 Å². The Morgan fingerprint density at radius 2 is 1.50 bits per heavy atom. The van der Waals surface area contributed by atoms with Crippen LogP contribution in [0.4, 0.5) is 5.69 Å². The predicted octanol–water partition coefficient (Wildman–Crippen LogP) is 5.01. The number of hydrogen-bond donors (Lipinski definition) is 2. The highest BCUT2D eigenvalue weighted by Gasteiger charge is 2.15. The molecule has 0 fully saturated rings. The van der Waals surface area contributed by atoms with Crippen LogP contribution in [-0.2, 0) is 10.0 Å². The Bertz CT molecular complexity index is 1110. The van der Waals surface area contributed by atoms with Crippen molar-refractivity contribution in [2.45, 2.75) is 29.7 Å². The van der Waals surface area contributed by atoms with Crippen molar-refractivity contribution >= 4 is 33.4 Å². The zero-order valence-electron chi connectivity index (χ0n) is 17.0. The van der Waals surface area contributed by atoms with Crippen LogP contribution in [0.25, 0.3) is 0 Å². The van der Waals surface area contributed by atoms with Gasteiger partial charge in [0.2, 0.25) is 0 Å². The summed E-state index contributed by atoms with van der Waals surface area (Å²) in [5, 5.41) is 2.96. The van der Waals surface area contributed by atoms with Gasteiger partial charge in [0, 0.05) is 16.1 Å². The number of anilines is 1. The lowest BCUT2D eigenvalue weighted by atomic mass is 10.1. The standard InChI is InChI=1S/C23H24N2O3S2/c1-16-4-6-18(7-5-16)17(2)24-23(26)19-8-10-20(11-9-19)25-30(27,28)22-14-12-21(29-3)13-15-22/h4-15,17,25H,1-3H3,(H,24,26)/t17-/m1/s1. The minimum absolute atomic E-state index is 0.138. The quantitative estimate of drug-likeness (QED) is 0.507. The normalized spacial score (nSPS) is 12.2. The zero-order valence-corrected chi connectivity index (χ0v) is 18.7. The van der Waals surface area contributed by atoms with E-state index in [-0.39, 0.29) is 16.8 Å². The summed E-state index contributed by atoms with van der Waals surface area (Å²) in [6, 6.07) is 20.9. The number of benzene rings is 3. The highest BCUT2D eigenvalue weighted by Crippen LogP contribution is 2.21. The van der Waals surface area contributed by atoms with Crippen LogP contribution in [0, 0.1) is 6.92 Å². The van der Waals surface area contributed by atoms with Crippen LogP contribution >= 0.6 is 11.8 Å². The molecule has 0 heterocycles. The number of hydrogen-bond acceptors (Lipinski definition) is 4. The first kappa shape index (κ1) is 21.9. The van der Waals surface area contributed by atoms with Gasteiger partial charge in [0.05, 0.1) is 10.9 Å². The molecule has 0 radical (unpaired) electrons. The van der Waals surface area contributed by atoms with Crippen LogP contribution in [0.1, 0.15) is 34.5 Å². The highest BCUT2D eigenvalue weighted by atomic mass is 32.2. The number of sulfonamides is 1. The van der Waals surface area contributed by atoms with E-state index in [1.807, 2.05) is 44.4 Å². The molecule has 0 bridgehead atoms. The first-order chi connectivity index (χ1) is 14.3. The van der Waals surface area contributed by atoms with E-state index in [1.54, 1.807) is 60.3 Å². The molecular weight excluding hydrogens is 416 g/mol. The summed E-state index contributed by atoms with van der Waals surface area (Å²) in [6.07, 6.45) is 1.93. The van der Waals surface area contributed by atoms with Crippen LogP contribution in [0.5, 0.6) is 0 Å². The van der Waals surface area contributed by atoms with Crippen molar-refractivity contribution in [1.82, 2.24) is 5.32 Å². The Labute approximate surface area is 182 Å². The van der Waals surface area contributed by atoms with Gasteiger partial charge in [-0.05, 0) is 74.2 Å². The molecule has 30 heavy (non-hydrogen) atoms. The maximum Gasteiger partial charge on any atom is 0.261 e. The fraction of sp³-hybridized carbons (Fsp3) is 0.174. The minimum atomic E-state index is -3.69. The lowest BCUT2D eigenvalue weighted by Crippen LogP contribution is -2.26. The van der Waals surface area contributed by atoms with E-state index in [9.17, 15) is 13.2 Å². The summed E-state index contributed by atoms with van der Waals surface area (Å²) >= 11 is 1.55.